The highest BCUT2D eigenvalue weighted by molar-refractivity contribution is 5.58. The van der Waals surface area contributed by atoms with Crippen LogP contribution in [-0.2, 0) is 4.74 Å². The zero-order chi connectivity index (χ0) is 12.5. The number of likely N-dealkylation sites (N-methyl/N-ethyl adjacent to an activating group) is 1. The molecule has 0 N–H and O–H groups in total. The molecule has 0 spiro atoms. The summed E-state index contributed by atoms with van der Waals surface area (Å²) in [5, 5.41) is 9.15. The second-order valence-corrected chi connectivity index (χ2v) is 5.01. The predicted octanol–water partition coefficient (Wildman–Crippen LogP) is 0.472. The molecule has 2 saturated heterocycles. The first kappa shape index (κ1) is 11.5. The van der Waals surface area contributed by atoms with E-state index in [-0.39, 0.29) is 12.2 Å². The molecule has 0 radical (unpaired) electrons. The molecule has 0 saturated carbocycles. The van der Waals surface area contributed by atoms with Crippen LogP contribution in [0.25, 0.3) is 0 Å². The first-order chi connectivity index (χ1) is 8.76. The number of aromatic nitrogens is 1. The van der Waals surface area contributed by atoms with Gasteiger partial charge in [-0.05, 0) is 13.1 Å². The van der Waals surface area contributed by atoms with E-state index in [9.17, 15) is 0 Å². The predicted molar refractivity (Wildman–Crippen MR) is 67.3 cm³/mol. The molecule has 3 heterocycles. The molecule has 2 bridgehead atoms. The van der Waals surface area contributed by atoms with Gasteiger partial charge in [0, 0.05) is 32.4 Å². The molecule has 18 heavy (non-hydrogen) atoms. The van der Waals surface area contributed by atoms with E-state index in [4.69, 9.17) is 10.00 Å². The van der Waals surface area contributed by atoms with E-state index < -0.39 is 0 Å². The SMILES string of the molecule is CN1CC2CN(c3cnccc3C#N)CC(C1)O2. The Kier molecular flexibility index (Phi) is 2.90. The fourth-order valence-corrected chi connectivity index (χ4v) is 2.83. The highest BCUT2D eigenvalue weighted by Gasteiger charge is 2.34. The molecular formula is C13H16N4O. The van der Waals surface area contributed by atoms with Gasteiger partial charge in [-0.2, -0.15) is 5.26 Å². The number of ether oxygens (including phenoxy) is 1. The molecule has 2 atom stereocenters. The number of rotatable bonds is 1. The monoisotopic (exact) mass is 244 g/mol. The second-order valence-electron chi connectivity index (χ2n) is 5.01. The van der Waals surface area contributed by atoms with Crippen LogP contribution in [0.3, 0.4) is 0 Å². The minimum absolute atomic E-state index is 0.231. The van der Waals surface area contributed by atoms with Crippen LogP contribution in [0.4, 0.5) is 5.69 Å². The lowest BCUT2D eigenvalue weighted by Crippen LogP contribution is -2.58. The van der Waals surface area contributed by atoms with Gasteiger partial charge in [0.15, 0.2) is 0 Å². The molecule has 0 aliphatic carbocycles. The van der Waals surface area contributed by atoms with Crippen molar-refractivity contribution in [2.45, 2.75) is 12.2 Å². The van der Waals surface area contributed by atoms with Crippen LogP contribution < -0.4 is 4.90 Å². The molecule has 0 aromatic carbocycles. The number of anilines is 1. The Morgan fingerprint density at radius 2 is 2.06 bits per heavy atom. The third kappa shape index (κ3) is 2.05. The Morgan fingerprint density at radius 3 is 2.72 bits per heavy atom. The van der Waals surface area contributed by atoms with Crippen molar-refractivity contribution in [3.8, 4) is 6.07 Å². The number of fused-ring (bicyclic) bond motifs is 2. The smallest absolute Gasteiger partial charge is 0.101 e. The minimum atomic E-state index is 0.231. The van der Waals surface area contributed by atoms with Crippen LogP contribution in [0, 0.1) is 11.3 Å². The van der Waals surface area contributed by atoms with Crippen molar-refractivity contribution >= 4 is 5.69 Å². The molecule has 2 aliphatic rings. The third-order valence-electron chi connectivity index (χ3n) is 3.52. The Morgan fingerprint density at radius 1 is 1.33 bits per heavy atom. The summed E-state index contributed by atoms with van der Waals surface area (Å²) in [5.74, 6) is 0. The van der Waals surface area contributed by atoms with E-state index >= 15 is 0 Å². The van der Waals surface area contributed by atoms with Gasteiger partial charge in [0.05, 0.1) is 29.7 Å². The van der Waals surface area contributed by atoms with Gasteiger partial charge < -0.3 is 14.5 Å². The van der Waals surface area contributed by atoms with Crippen molar-refractivity contribution in [2.24, 2.45) is 0 Å². The largest absolute Gasteiger partial charge is 0.369 e. The van der Waals surface area contributed by atoms with E-state index in [0.29, 0.717) is 5.56 Å². The van der Waals surface area contributed by atoms with Crippen LogP contribution in [0.5, 0.6) is 0 Å². The van der Waals surface area contributed by atoms with Crippen molar-refractivity contribution in [3.63, 3.8) is 0 Å². The molecule has 2 fully saturated rings. The molecule has 1 aromatic heterocycles. The summed E-state index contributed by atoms with van der Waals surface area (Å²) in [5.41, 5.74) is 1.63. The van der Waals surface area contributed by atoms with Gasteiger partial charge in [0.1, 0.15) is 6.07 Å². The van der Waals surface area contributed by atoms with E-state index in [1.165, 1.54) is 0 Å². The van der Waals surface area contributed by atoms with Crippen LogP contribution in [-0.4, -0.2) is 55.3 Å². The summed E-state index contributed by atoms with van der Waals surface area (Å²) in [7, 11) is 2.13. The fraction of sp³-hybridized carbons (Fsp3) is 0.538. The maximum atomic E-state index is 9.15. The van der Waals surface area contributed by atoms with Crippen molar-refractivity contribution in [1.82, 2.24) is 9.88 Å². The Balaban J connectivity index is 1.84. The standard InChI is InChI=1S/C13H16N4O/c1-16-6-11-8-17(9-12(7-16)18-11)13-5-15-3-2-10(13)4-14/h2-3,5,11-12H,6-9H2,1H3. The van der Waals surface area contributed by atoms with Crippen molar-refractivity contribution in [3.05, 3.63) is 24.0 Å². The number of nitrogens with zero attached hydrogens (tertiary/aromatic N) is 4. The van der Waals surface area contributed by atoms with Crippen LogP contribution in [0.15, 0.2) is 18.5 Å². The molecule has 5 heteroatoms. The lowest BCUT2D eigenvalue weighted by molar-refractivity contribution is -0.0875. The van der Waals surface area contributed by atoms with E-state index in [2.05, 4.69) is 27.9 Å². The van der Waals surface area contributed by atoms with Gasteiger partial charge >= 0.3 is 0 Å². The van der Waals surface area contributed by atoms with Gasteiger partial charge in [0.2, 0.25) is 0 Å². The Labute approximate surface area is 107 Å². The molecule has 3 rings (SSSR count). The highest BCUT2D eigenvalue weighted by Crippen LogP contribution is 2.25. The molecule has 94 valence electrons. The molecule has 2 unspecified atom stereocenters. The van der Waals surface area contributed by atoms with E-state index in [0.717, 1.165) is 31.9 Å². The zero-order valence-corrected chi connectivity index (χ0v) is 10.4. The molecule has 1 aromatic rings. The third-order valence-corrected chi connectivity index (χ3v) is 3.52. The number of pyridine rings is 1. The maximum absolute atomic E-state index is 9.15. The number of hydrogen-bond donors (Lipinski definition) is 0. The maximum Gasteiger partial charge on any atom is 0.101 e. The number of morpholine rings is 2. The lowest BCUT2D eigenvalue weighted by atomic mass is 10.1. The average Bonchev–Trinajstić information content (AvgIpc) is 2.37. The summed E-state index contributed by atoms with van der Waals surface area (Å²) >= 11 is 0. The van der Waals surface area contributed by atoms with Gasteiger partial charge in [0.25, 0.3) is 0 Å². The van der Waals surface area contributed by atoms with Crippen LogP contribution >= 0.6 is 0 Å². The van der Waals surface area contributed by atoms with Crippen molar-refractivity contribution in [1.29, 1.82) is 5.26 Å². The number of hydrogen-bond acceptors (Lipinski definition) is 5. The zero-order valence-electron chi connectivity index (χ0n) is 10.4. The van der Waals surface area contributed by atoms with Crippen LogP contribution in [0.2, 0.25) is 0 Å². The summed E-state index contributed by atoms with van der Waals surface area (Å²) in [6.07, 6.45) is 3.91. The molecule has 2 aliphatic heterocycles. The van der Waals surface area contributed by atoms with Gasteiger partial charge in [-0.1, -0.05) is 0 Å². The van der Waals surface area contributed by atoms with Gasteiger partial charge in [-0.25, -0.2) is 0 Å². The highest BCUT2D eigenvalue weighted by atomic mass is 16.5. The lowest BCUT2D eigenvalue weighted by Gasteiger charge is -2.45. The van der Waals surface area contributed by atoms with E-state index in [1.807, 2.05) is 0 Å². The normalized spacial score (nSPS) is 27.9. The Hall–Kier alpha value is -1.64. The van der Waals surface area contributed by atoms with Crippen LogP contribution in [0.1, 0.15) is 5.56 Å². The average molecular weight is 244 g/mol. The molecule has 5 nitrogen and oxygen atoms in total. The quantitative estimate of drug-likeness (QED) is 0.719. The first-order valence-electron chi connectivity index (χ1n) is 6.19. The second kappa shape index (κ2) is 4.56. The molecule has 0 amide bonds. The van der Waals surface area contributed by atoms with Gasteiger partial charge in [-0.15, -0.1) is 0 Å². The Bertz CT molecular complexity index is 466. The topological polar surface area (TPSA) is 52.4 Å². The van der Waals surface area contributed by atoms with Gasteiger partial charge in [-0.3, -0.25) is 4.98 Å². The summed E-state index contributed by atoms with van der Waals surface area (Å²) in [6, 6.07) is 4.00. The van der Waals surface area contributed by atoms with Crippen molar-refractivity contribution < 1.29 is 4.74 Å². The van der Waals surface area contributed by atoms with E-state index in [1.54, 1.807) is 18.5 Å². The first-order valence-corrected chi connectivity index (χ1v) is 6.19. The summed E-state index contributed by atoms with van der Waals surface area (Å²) < 4.78 is 5.93. The minimum Gasteiger partial charge on any atom is -0.369 e. The number of nitriles is 1. The fourth-order valence-electron chi connectivity index (χ4n) is 2.83. The summed E-state index contributed by atoms with van der Waals surface area (Å²) in [4.78, 5) is 8.68. The van der Waals surface area contributed by atoms with Crippen molar-refractivity contribution in [2.75, 3.05) is 38.1 Å². The summed E-state index contributed by atoms with van der Waals surface area (Å²) in [6.45, 7) is 3.58. The molecular weight excluding hydrogens is 228 g/mol.